The van der Waals surface area contributed by atoms with Gasteiger partial charge in [0.2, 0.25) is 0 Å². The lowest BCUT2D eigenvalue weighted by Crippen LogP contribution is -2.67. The van der Waals surface area contributed by atoms with Crippen molar-refractivity contribution < 1.29 is 15.0 Å². The van der Waals surface area contributed by atoms with Crippen LogP contribution < -0.4 is 0 Å². The maximum atomic E-state index is 15.2. The Morgan fingerprint density at radius 3 is 2.35 bits per heavy atom. The van der Waals surface area contributed by atoms with Gasteiger partial charge in [-0.2, -0.15) is 0 Å². The molecule has 3 fully saturated rings. The molecule has 8 atom stereocenters. The number of Topliss-reactive ketones (excluding diaryl/α,β-unsaturated/α-hetero) is 1. The molecule has 4 heteroatoms. The van der Waals surface area contributed by atoms with Gasteiger partial charge >= 0.3 is 0 Å². The Bertz CT molecular complexity index is 1480. The van der Waals surface area contributed by atoms with E-state index in [9.17, 15) is 10.2 Å². The quantitative estimate of drug-likeness (QED) is 0.264. The zero-order valence-electron chi connectivity index (χ0n) is 26.5. The molecule has 0 amide bonds. The molecule has 2 aromatic carbocycles. The average Bonchev–Trinajstić information content (AvgIpc) is 3.27. The second-order valence-electron chi connectivity index (χ2n) is 15.3. The summed E-state index contributed by atoms with van der Waals surface area (Å²) in [6, 6.07) is 18.3. The number of aliphatic hydroxyl groups is 2. The minimum absolute atomic E-state index is 0.0231. The maximum absolute atomic E-state index is 15.2. The highest BCUT2D eigenvalue weighted by Crippen LogP contribution is 2.78. The van der Waals surface area contributed by atoms with Crippen molar-refractivity contribution in [1.82, 2.24) is 4.90 Å². The molecule has 2 N–H and O–H groups in total. The molecule has 43 heavy (non-hydrogen) atoms. The van der Waals surface area contributed by atoms with E-state index < -0.39 is 11.0 Å². The fourth-order valence-electron chi connectivity index (χ4n) is 11.2. The lowest BCUT2D eigenvalue weighted by molar-refractivity contribution is -0.175. The number of carbonyl (C=O) groups is 1. The van der Waals surface area contributed by atoms with Crippen molar-refractivity contribution in [2.24, 2.45) is 33.5 Å². The summed E-state index contributed by atoms with van der Waals surface area (Å²) >= 11 is 0. The molecule has 3 saturated carbocycles. The van der Waals surface area contributed by atoms with E-state index in [4.69, 9.17) is 0 Å². The van der Waals surface area contributed by atoms with Crippen LogP contribution in [0.1, 0.15) is 82.5 Å². The minimum Gasteiger partial charge on any atom is -0.393 e. The molecule has 8 rings (SSSR count). The second kappa shape index (κ2) is 9.99. The predicted molar refractivity (Wildman–Crippen MR) is 173 cm³/mol. The number of ketones is 1. The van der Waals surface area contributed by atoms with Gasteiger partial charge < -0.3 is 15.1 Å². The van der Waals surface area contributed by atoms with Crippen LogP contribution in [0.25, 0.3) is 11.1 Å². The molecule has 2 aromatic rings. The molecule has 0 aliphatic heterocycles. The molecule has 6 aliphatic carbocycles. The number of benzene rings is 2. The largest absolute Gasteiger partial charge is 0.393 e. The number of aliphatic hydroxyl groups excluding tert-OH is 1. The van der Waals surface area contributed by atoms with Gasteiger partial charge in [-0.1, -0.05) is 93.6 Å². The number of fused-ring (bicyclic) bond motifs is 1. The number of rotatable bonds is 7. The smallest absolute Gasteiger partial charge is 0.190 e. The van der Waals surface area contributed by atoms with E-state index in [0.717, 1.165) is 73.8 Å². The molecule has 0 aromatic heterocycles. The molecule has 2 spiro atoms. The first-order valence-corrected chi connectivity index (χ1v) is 16.8. The van der Waals surface area contributed by atoms with Gasteiger partial charge in [-0.25, -0.2) is 0 Å². The normalized spacial score (nSPS) is 41.0. The van der Waals surface area contributed by atoms with Crippen LogP contribution >= 0.6 is 0 Å². The summed E-state index contributed by atoms with van der Waals surface area (Å²) < 4.78 is 0. The molecule has 0 radical (unpaired) electrons. The van der Waals surface area contributed by atoms with Crippen LogP contribution in [-0.2, 0) is 0 Å². The SMILES string of the molecule is CCCN(C)CC1(O)CCC2C34C=CC5(C=C3C(=O)c3ccccc3-c3ccccc3)CC(O)CCC5(C)C4CCC21C. The fourth-order valence-corrected chi connectivity index (χ4v) is 11.2. The predicted octanol–water partition coefficient (Wildman–Crippen LogP) is 7.47. The van der Waals surface area contributed by atoms with E-state index in [-0.39, 0.29) is 34.1 Å². The third-order valence-electron chi connectivity index (χ3n) is 13.3. The van der Waals surface area contributed by atoms with Gasteiger partial charge in [-0.15, -0.1) is 0 Å². The molecule has 4 nitrogen and oxygen atoms in total. The standard InChI is InChI=1S/C39H49NO3/c1-5-23-40(4)26-38(43)20-17-33-36(38,3)19-16-32-35(2)18-15-28(41)24-37(35)21-22-39(32,33)31(25-37)34(42)30-14-10-9-13-29(30)27-11-7-6-8-12-27/h6-14,21-22,25,28,32-33,41,43H,5,15-20,23-24,26H2,1-4H3. The summed E-state index contributed by atoms with van der Waals surface area (Å²) in [4.78, 5) is 17.5. The summed E-state index contributed by atoms with van der Waals surface area (Å²) in [7, 11) is 2.14. The zero-order valence-corrected chi connectivity index (χ0v) is 26.5. The van der Waals surface area contributed by atoms with Crippen LogP contribution in [0.3, 0.4) is 0 Å². The van der Waals surface area contributed by atoms with Crippen molar-refractivity contribution in [3.05, 3.63) is 84.0 Å². The Morgan fingerprint density at radius 2 is 1.58 bits per heavy atom. The number of nitrogens with zero attached hydrogens (tertiary/aromatic N) is 1. The van der Waals surface area contributed by atoms with Crippen molar-refractivity contribution in [2.75, 3.05) is 20.1 Å². The summed E-state index contributed by atoms with van der Waals surface area (Å²) in [6.07, 6.45) is 14.0. The van der Waals surface area contributed by atoms with Gasteiger partial charge in [-0.3, -0.25) is 4.79 Å². The van der Waals surface area contributed by atoms with Crippen LogP contribution in [0.4, 0.5) is 0 Å². The number of hydrogen-bond donors (Lipinski definition) is 2. The maximum Gasteiger partial charge on any atom is 0.190 e. The van der Waals surface area contributed by atoms with Crippen LogP contribution in [0.5, 0.6) is 0 Å². The van der Waals surface area contributed by atoms with Gasteiger partial charge in [0.1, 0.15) is 0 Å². The average molecular weight is 580 g/mol. The summed E-state index contributed by atoms with van der Waals surface area (Å²) in [5, 5.41) is 23.5. The van der Waals surface area contributed by atoms with Crippen LogP contribution in [-0.4, -0.2) is 52.7 Å². The minimum atomic E-state index is -0.791. The fraction of sp³-hybridized carbons (Fsp3) is 0.564. The Morgan fingerprint density at radius 1 is 0.907 bits per heavy atom. The summed E-state index contributed by atoms with van der Waals surface area (Å²) in [6.45, 7) is 8.64. The Balaban J connectivity index is 1.40. The van der Waals surface area contributed by atoms with Crippen molar-refractivity contribution in [1.29, 1.82) is 0 Å². The lowest BCUT2D eigenvalue weighted by Gasteiger charge is -2.71. The van der Waals surface area contributed by atoms with E-state index in [2.05, 4.69) is 69.1 Å². The van der Waals surface area contributed by atoms with E-state index >= 15 is 4.79 Å². The van der Waals surface area contributed by atoms with Crippen molar-refractivity contribution in [2.45, 2.75) is 83.8 Å². The van der Waals surface area contributed by atoms with Crippen LogP contribution in [0, 0.1) is 33.5 Å². The first-order chi connectivity index (χ1) is 20.5. The van der Waals surface area contributed by atoms with Crippen LogP contribution in [0.2, 0.25) is 0 Å². The van der Waals surface area contributed by atoms with Crippen LogP contribution in [0.15, 0.2) is 78.4 Å². The van der Waals surface area contributed by atoms with Gasteiger partial charge in [0.15, 0.2) is 5.78 Å². The van der Waals surface area contributed by atoms with Gasteiger partial charge in [0.05, 0.1) is 11.7 Å². The third kappa shape index (κ3) is 3.88. The van der Waals surface area contributed by atoms with Crippen molar-refractivity contribution in [3.63, 3.8) is 0 Å². The molecule has 0 heterocycles. The van der Waals surface area contributed by atoms with E-state index in [1.807, 2.05) is 36.4 Å². The topological polar surface area (TPSA) is 60.8 Å². The molecular weight excluding hydrogens is 530 g/mol. The van der Waals surface area contributed by atoms with E-state index in [1.165, 1.54) is 0 Å². The first kappa shape index (κ1) is 29.2. The van der Waals surface area contributed by atoms with Gasteiger partial charge in [0, 0.05) is 33.9 Å². The summed E-state index contributed by atoms with van der Waals surface area (Å²) in [5.74, 6) is 0.605. The summed E-state index contributed by atoms with van der Waals surface area (Å²) in [5.41, 5.74) is 1.84. The first-order valence-electron chi connectivity index (χ1n) is 16.8. The molecule has 0 saturated heterocycles. The van der Waals surface area contributed by atoms with Gasteiger partial charge in [-0.05, 0) is 93.3 Å². The molecule has 228 valence electrons. The third-order valence-corrected chi connectivity index (χ3v) is 13.3. The number of allylic oxidation sites excluding steroid dienone is 4. The lowest BCUT2D eigenvalue weighted by atomic mass is 9.32. The molecule has 8 unspecified atom stereocenters. The number of hydrogen-bond acceptors (Lipinski definition) is 4. The molecule has 2 bridgehead atoms. The van der Waals surface area contributed by atoms with E-state index in [0.29, 0.717) is 18.9 Å². The van der Waals surface area contributed by atoms with Crippen molar-refractivity contribution >= 4 is 5.78 Å². The molecular formula is C39H49NO3. The van der Waals surface area contributed by atoms with Gasteiger partial charge in [0.25, 0.3) is 0 Å². The highest BCUT2D eigenvalue weighted by atomic mass is 16.3. The zero-order chi connectivity index (χ0) is 30.3. The Labute approximate surface area is 257 Å². The molecule has 6 aliphatic rings. The Kier molecular flexibility index (Phi) is 6.78. The van der Waals surface area contributed by atoms with E-state index in [1.54, 1.807) is 0 Å². The van der Waals surface area contributed by atoms with Crippen molar-refractivity contribution in [3.8, 4) is 11.1 Å². The second-order valence-corrected chi connectivity index (χ2v) is 15.3. The highest BCUT2D eigenvalue weighted by molar-refractivity contribution is 6.14. The Hall–Kier alpha value is -2.53. The monoisotopic (exact) mass is 579 g/mol. The number of carbonyl (C=O) groups excluding carboxylic acids is 1. The number of likely N-dealkylation sites (N-methyl/N-ethyl adjacent to an activating group) is 1. The highest BCUT2D eigenvalue weighted by Gasteiger charge is 2.74.